The van der Waals surface area contributed by atoms with Crippen LogP contribution in [0.1, 0.15) is 19.3 Å². The van der Waals surface area contributed by atoms with Gasteiger partial charge in [0.15, 0.2) is 11.0 Å². The van der Waals surface area contributed by atoms with Crippen LogP contribution in [0.3, 0.4) is 0 Å². The first-order chi connectivity index (χ1) is 10.2. The van der Waals surface area contributed by atoms with Crippen molar-refractivity contribution in [2.75, 3.05) is 38.3 Å². The van der Waals surface area contributed by atoms with Crippen LogP contribution in [-0.2, 0) is 9.53 Å². The fourth-order valence-electron chi connectivity index (χ4n) is 2.45. The molecule has 0 spiro atoms. The van der Waals surface area contributed by atoms with Gasteiger partial charge in [0, 0.05) is 33.4 Å². The molecule has 7 heteroatoms. The molecule has 116 valence electrons. The largest absolute Gasteiger partial charge is 0.385 e. The summed E-state index contributed by atoms with van der Waals surface area (Å²) in [6, 6.07) is 3.56. The normalized spacial score (nSPS) is 18.6. The molecule has 1 saturated heterocycles. The number of rotatable bonds is 6. The zero-order valence-corrected chi connectivity index (χ0v) is 13.0. The van der Waals surface area contributed by atoms with Crippen LogP contribution >= 0.6 is 11.6 Å². The second-order valence-electron chi connectivity index (χ2n) is 5.14. The molecule has 1 amide bonds. The Kier molecular flexibility index (Phi) is 6.20. The standard InChI is InChI=1S/C14H21ClN4O2/c1-21-9-3-7-16-14(20)11-4-2-8-19(10-11)13-6-5-12(15)17-18-13/h5-6,11H,2-4,7-10H2,1H3,(H,16,20)/t11-/m0/s1. The van der Waals surface area contributed by atoms with Crippen molar-refractivity contribution < 1.29 is 9.53 Å². The number of carbonyl (C=O) groups excluding carboxylic acids is 1. The van der Waals surface area contributed by atoms with Crippen LogP contribution < -0.4 is 10.2 Å². The number of hydrogen-bond acceptors (Lipinski definition) is 5. The fourth-order valence-corrected chi connectivity index (χ4v) is 2.55. The maximum Gasteiger partial charge on any atom is 0.224 e. The highest BCUT2D eigenvalue weighted by molar-refractivity contribution is 6.29. The van der Waals surface area contributed by atoms with Gasteiger partial charge in [-0.15, -0.1) is 10.2 Å². The number of halogens is 1. The van der Waals surface area contributed by atoms with E-state index in [0.717, 1.165) is 31.6 Å². The van der Waals surface area contributed by atoms with Crippen molar-refractivity contribution in [1.29, 1.82) is 0 Å². The Bertz CT molecular complexity index is 455. The molecule has 0 aromatic carbocycles. The van der Waals surface area contributed by atoms with Gasteiger partial charge in [-0.3, -0.25) is 4.79 Å². The molecule has 1 fully saturated rings. The quantitative estimate of drug-likeness (QED) is 0.806. The van der Waals surface area contributed by atoms with E-state index in [1.807, 2.05) is 6.07 Å². The topological polar surface area (TPSA) is 67.3 Å². The van der Waals surface area contributed by atoms with E-state index >= 15 is 0 Å². The lowest BCUT2D eigenvalue weighted by Gasteiger charge is -2.32. The van der Waals surface area contributed by atoms with Crippen LogP contribution in [-0.4, -0.2) is 49.5 Å². The molecule has 1 aliphatic heterocycles. The zero-order valence-electron chi connectivity index (χ0n) is 12.2. The molecular formula is C14H21ClN4O2. The molecule has 1 aromatic heterocycles. The molecule has 0 aliphatic carbocycles. The van der Waals surface area contributed by atoms with Crippen LogP contribution in [0, 0.1) is 5.92 Å². The third-order valence-corrected chi connectivity index (χ3v) is 3.76. The van der Waals surface area contributed by atoms with E-state index < -0.39 is 0 Å². The third-order valence-electron chi connectivity index (χ3n) is 3.56. The number of aromatic nitrogens is 2. The summed E-state index contributed by atoms with van der Waals surface area (Å²) in [7, 11) is 1.66. The van der Waals surface area contributed by atoms with Gasteiger partial charge < -0.3 is 15.0 Å². The second kappa shape index (κ2) is 8.14. The monoisotopic (exact) mass is 312 g/mol. The molecule has 0 unspecified atom stereocenters. The molecule has 0 bridgehead atoms. The maximum atomic E-state index is 12.2. The molecule has 6 nitrogen and oxygen atoms in total. The number of anilines is 1. The first-order valence-corrected chi connectivity index (χ1v) is 7.59. The van der Waals surface area contributed by atoms with Crippen molar-refractivity contribution >= 4 is 23.3 Å². The summed E-state index contributed by atoms with van der Waals surface area (Å²) < 4.78 is 4.97. The molecule has 2 rings (SSSR count). The summed E-state index contributed by atoms with van der Waals surface area (Å²) in [6.07, 6.45) is 2.72. The van der Waals surface area contributed by atoms with Crippen molar-refractivity contribution in [1.82, 2.24) is 15.5 Å². The van der Waals surface area contributed by atoms with Gasteiger partial charge >= 0.3 is 0 Å². The number of hydrogen-bond donors (Lipinski definition) is 1. The van der Waals surface area contributed by atoms with E-state index in [-0.39, 0.29) is 11.8 Å². The maximum absolute atomic E-state index is 12.2. The molecule has 2 heterocycles. The molecule has 1 aromatic rings. The molecule has 0 radical (unpaired) electrons. The van der Waals surface area contributed by atoms with E-state index in [1.54, 1.807) is 13.2 Å². The predicted molar refractivity (Wildman–Crippen MR) is 81.5 cm³/mol. The van der Waals surface area contributed by atoms with E-state index in [9.17, 15) is 4.79 Å². The number of piperidine rings is 1. The van der Waals surface area contributed by atoms with E-state index in [0.29, 0.717) is 24.8 Å². The first kappa shape index (κ1) is 16.0. The highest BCUT2D eigenvalue weighted by Gasteiger charge is 2.26. The minimum atomic E-state index is -0.00114. The van der Waals surface area contributed by atoms with Gasteiger partial charge in [0.05, 0.1) is 5.92 Å². The Morgan fingerprint density at radius 3 is 3.10 bits per heavy atom. The number of nitrogens with zero attached hydrogens (tertiary/aromatic N) is 3. The summed E-state index contributed by atoms with van der Waals surface area (Å²) in [6.45, 7) is 2.89. The first-order valence-electron chi connectivity index (χ1n) is 7.21. The molecular weight excluding hydrogens is 292 g/mol. The number of nitrogens with one attached hydrogen (secondary N) is 1. The smallest absolute Gasteiger partial charge is 0.224 e. The predicted octanol–water partition coefficient (Wildman–Crippen LogP) is 1.50. The van der Waals surface area contributed by atoms with Crippen molar-refractivity contribution in [2.24, 2.45) is 5.92 Å². The average molecular weight is 313 g/mol. The Labute approximate surface area is 129 Å². The minimum absolute atomic E-state index is 0.00114. The molecule has 0 saturated carbocycles. The lowest BCUT2D eigenvalue weighted by molar-refractivity contribution is -0.125. The lowest BCUT2D eigenvalue weighted by atomic mass is 9.97. The Morgan fingerprint density at radius 2 is 2.38 bits per heavy atom. The van der Waals surface area contributed by atoms with Crippen molar-refractivity contribution in [3.8, 4) is 0 Å². The van der Waals surface area contributed by atoms with Crippen LogP contribution in [0.5, 0.6) is 0 Å². The van der Waals surface area contributed by atoms with Gasteiger partial charge in [-0.1, -0.05) is 11.6 Å². The van der Waals surface area contributed by atoms with Crippen LogP contribution in [0.2, 0.25) is 5.15 Å². The molecule has 1 aliphatic rings. The van der Waals surface area contributed by atoms with E-state index in [4.69, 9.17) is 16.3 Å². The minimum Gasteiger partial charge on any atom is -0.385 e. The van der Waals surface area contributed by atoms with Crippen LogP contribution in [0.4, 0.5) is 5.82 Å². The average Bonchev–Trinajstić information content (AvgIpc) is 2.52. The third kappa shape index (κ3) is 4.82. The number of carbonyl (C=O) groups is 1. The van der Waals surface area contributed by atoms with Crippen molar-refractivity contribution in [2.45, 2.75) is 19.3 Å². The SMILES string of the molecule is COCCCNC(=O)[C@H]1CCCN(c2ccc(Cl)nn2)C1. The zero-order chi connectivity index (χ0) is 15.1. The Hall–Kier alpha value is -1.40. The second-order valence-corrected chi connectivity index (χ2v) is 5.52. The van der Waals surface area contributed by atoms with Crippen LogP contribution in [0.15, 0.2) is 12.1 Å². The fraction of sp³-hybridized carbons (Fsp3) is 0.643. The van der Waals surface area contributed by atoms with Gasteiger partial charge in [0.2, 0.25) is 5.91 Å². The highest BCUT2D eigenvalue weighted by atomic mass is 35.5. The lowest BCUT2D eigenvalue weighted by Crippen LogP contribution is -2.43. The summed E-state index contributed by atoms with van der Waals surface area (Å²) in [4.78, 5) is 14.2. The van der Waals surface area contributed by atoms with Gasteiger partial charge in [-0.05, 0) is 31.4 Å². The van der Waals surface area contributed by atoms with E-state index in [1.165, 1.54) is 0 Å². The van der Waals surface area contributed by atoms with Gasteiger partial charge in [-0.2, -0.15) is 0 Å². The Balaban J connectivity index is 1.85. The van der Waals surface area contributed by atoms with E-state index in [2.05, 4.69) is 20.4 Å². The van der Waals surface area contributed by atoms with Crippen molar-refractivity contribution in [3.05, 3.63) is 17.3 Å². The van der Waals surface area contributed by atoms with Gasteiger partial charge in [-0.25, -0.2) is 0 Å². The number of methoxy groups -OCH3 is 1. The van der Waals surface area contributed by atoms with Gasteiger partial charge in [0.1, 0.15) is 0 Å². The summed E-state index contributed by atoms with van der Waals surface area (Å²) in [5.74, 6) is 0.882. The number of ether oxygens (including phenoxy) is 1. The molecule has 21 heavy (non-hydrogen) atoms. The molecule has 1 atom stereocenters. The summed E-state index contributed by atoms with van der Waals surface area (Å²) in [5, 5.41) is 11.3. The summed E-state index contributed by atoms with van der Waals surface area (Å²) in [5.41, 5.74) is 0. The highest BCUT2D eigenvalue weighted by Crippen LogP contribution is 2.21. The molecule has 1 N–H and O–H groups in total. The van der Waals surface area contributed by atoms with Gasteiger partial charge in [0.25, 0.3) is 0 Å². The van der Waals surface area contributed by atoms with Crippen molar-refractivity contribution in [3.63, 3.8) is 0 Å². The summed E-state index contributed by atoms with van der Waals surface area (Å²) >= 11 is 5.75. The number of amides is 1. The Morgan fingerprint density at radius 1 is 1.52 bits per heavy atom. The van der Waals surface area contributed by atoms with Crippen LogP contribution in [0.25, 0.3) is 0 Å².